The number of hydrogen-bond acceptors (Lipinski definition) is 7. The van der Waals surface area contributed by atoms with E-state index in [2.05, 4.69) is 76.2 Å². The second kappa shape index (κ2) is 11.4. The molecule has 0 saturated carbocycles. The topological polar surface area (TPSA) is 100.0 Å². The van der Waals surface area contributed by atoms with E-state index in [1.165, 1.54) is 0 Å². The average molecular weight is 731 g/mol. The van der Waals surface area contributed by atoms with Crippen LogP contribution in [0.25, 0.3) is 38.9 Å². The van der Waals surface area contributed by atoms with Crippen molar-refractivity contribution in [3.63, 3.8) is 0 Å². The highest BCUT2D eigenvalue weighted by Gasteiger charge is 2.53. The van der Waals surface area contributed by atoms with Crippen LogP contribution in [0.15, 0.2) is 158 Å². The van der Waals surface area contributed by atoms with Gasteiger partial charge >= 0.3 is 0 Å². The molecule has 8 nitrogen and oxygen atoms in total. The van der Waals surface area contributed by atoms with Gasteiger partial charge in [0, 0.05) is 33.7 Å². The number of nitriles is 2. The standard InChI is InChI=1S/C49H26N6O2/c50-26-29-18-20-38-32(23-29)33-24-30(27-51)19-21-39(33)55(38)42-14-7-10-36-48(42)57-43-15-4-1-9-34(43)49(36)35-11-8-22-52-46(35)47-37(49)25-31(28-53-47)54-40-12-2-5-16-44(40)56-45-17-6-3-13-41(45)54/h1-25,28H. The highest BCUT2D eigenvalue weighted by atomic mass is 16.5. The molecule has 9 aromatic rings. The Morgan fingerprint density at radius 2 is 1.11 bits per heavy atom. The first-order valence-corrected chi connectivity index (χ1v) is 18.6. The Bertz CT molecular complexity index is 3200. The Morgan fingerprint density at radius 1 is 0.509 bits per heavy atom. The predicted molar refractivity (Wildman–Crippen MR) is 218 cm³/mol. The van der Waals surface area contributed by atoms with E-state index in [4.69, 9.17) is 19.4 Å². The van der Waals surface area contributed by atoms with E-state index in [-0.39, 0.29) is 0 Å². The number of anilines is 3. The van der Waals surface area contributed by atoms with Gasteiger partial charge in [0.25, 0.3) is 0 Å². The molecule has 57 heavy (non-hydrogen) atoms. The largest absolute Gasteiger partial charge is 0.454 e. The van der Waals surface area contributed by atoms with Crippen molar-refractivity contribution in [3.05, 3.63) is 191 Å². The lowest BCUT2D eigenvalue weighted by Crippen LogP contribution is -2.33. The molecule has 0 N–H and O–H groups in total. The fourth-order valence-electron chi connectivity index (χ4n) is 9.30. The van der Waals surface area contributed by atoms with Crippen LogP contribution in [0.2, 0.25) is 0 Å². The van der Waals surface area contributed by atoms with Crippen molar-refractivity contribution in [2.24, 2.45) is 0 Å². The molecular formula is C49H26N6O2. The van der Waals surface area contributed by atoms with Gasteiger partial charge in [0.15, 0.2) is 17.2 Å². The lowest BCUT2D eigenvalue weighted by Gasteiger charge is -2.40. The molecule has 12 rings (SSSR count). The van der Waals surface area contributed by atoms with E-state index in [1.807, 2.05) is 103 Å². The minimum absolute atomic E-state index is 0.545. The van der Waals surface area contributed by atoms with Gasteiger partial charge in [-0.3, -0.25) is 9.97 Å². The van der Waals surface area contributed by atoms with Gasteiger partial charge in [-0.25, -0.2) is 0 Å². The highest BCUT2D eigenvalue weighted by Crippen LogP contribution is 2.63. The zero-order chi connectivity index (χ0) is 37.8. The number of aromatic nitrogens is 3. The van der Waals surface area contributed by atoms with Gasteiger partial charge in [-0.05, 0) is 90.5 Å². The normalized spacial score (nSPS) is 15.3. The Balaban J connectivity index is 1.17. The monoisotopic (exact) mass is 730 g/mol. The number of nitrogens with zero attached hydrogens (tertiary/aromatic N) is 6. The van der Waals surface area contributed by atoms with Crippen LogP contribution in [-0.4, -0.2) is 14.5 Å². The van der Waals surface area contributed by atoms with Crippen LogP contribution < -0.4 is 14.4 Å². The average Bonchev–Trinajstić information content (AvgIpc) is 3.74. The summed E-state index contributed by atoms with van der Waals surface area (Å²) in [6.07, 6.45) is 3.76. The van der Waals surface area contributed by atoms with Crippen LogP contribution in [-0.2, 0) is 5.41 Å². The van der Waals surface area contributed by atoms with E-state index in [1.54, 1.807) is 0 Å². The predicted octanol–water partition coefficient (Wildman–Crippen LogP) is 11.4. The molecule has 0 radical (unpaired) electrons. The first kappa shape index (κ1) is 31.2. The molecule has 0 fully saturated rings. The molecule has 8 heteroatoms. The number of fused-ring (bicyclic) bond motifs is 14. The number of rotatable bonds is 2. The minimum atomic E-state index is -0.867. The van der Waals surface area contributed by atoms with E-state index in [0.717, 1.165) is 95.4 Å². The second-order valence-electron chi connectivity index (χ2n) is 14.4. The van der Waals surface area contributed by atoms with Crippen LogP contribution in [0.1, 0.15) is 33.4 Å². The van der Waals surface area contributed by atoms with Gasteiger partial charge < -0.3 is 18.9 Å². The molecular weight excluding hydrogens is 705 g/mol. The van der Waals surface area contributed by atoms with Crippen LogP contribution >= 0.6 is 0 Å². The zero-order valence-electron chi connectivity index (χ0n) is 30.0. The third-order valence-electron chi connectivity index (χ3n) is 11.6. The summed E-state index contributed by atoms with van der Waals surface area (Å²) < 4.78 is 15.7. The van der Waals surface area contributed by atoms with Crippen molar-refractivity contribution in [3.8, 4) is 52.2 Å². The van der Waals surface area contributed by atoms with Crippen molar-refractivity contribution < 1.29 is 9.47 Å². The summed E-state index contributed by atoms with van der Waals surface area (Å²) in [6.45, 7) is 0. The maximum atomic E-state index is 9.87. The van der Waals surface area contributed by atoms with Gasteiger partial charge in [0.1, 0.15) is 5.75 Å². The number of ether oxygens (including phenoxy) is 2. The van der Waals surface area contributed by atoms with Crippen molar-refractivity contribution in [1.82, 2.24) is 14.5 Å². The van der Waals surface area contributed by atoms with Crippen molar-refractivity contribution in [2.45, 2.75) is 5.41 Å². The molecule has 1 unspecified atom stereocenters. The molecule has 1 spiro atoms. The Hall–Kier alpha value is -8.20. The number of hydrogen-bond donors (Lipinski definition) is 0. The molecule has 264 valence electrons. The van der Waals surface area contributed by atoms with Crippen LogP contribution in [0.4, 0.5) is 17.1 Å². The maximum absolute atomic E-state index is 9.87. The number of pyridine rings is 2. The van der Waals surface area contributed by atoms with E-state index in [9.17, 15) is 10.5 Å². The van der Waals surface area contributed by atoms with E-state index >= 15 is 0 Å². The molecule has 6 aromatic carbocycles. The van der Waals surface area contributed by atoms with Crippen LogP contribution in [0.3, 0.4) is 0 Å². The van der Waals surface area contributed by atoms with Gasteiger partial charge in [-0.15, -0.1) is 0 Å². The minimum Gasteiger partial charge on any atom is -0.454 e. The first-order valence-electron chi connectivity index (χ1n) is 18.6. The molecule has 0 saturated heterocycles. The van der Waals surface area contributed by atoms with Crippen LogP contribution in [0.5, 0.6) is 23.0 Å². The number of para-hydroxylation sites is 6. The van der Waals surface area contributed by atoms with E-state index < -0.39 is 5.41 Å². The Labute approximate surface area is 326 Å². The fourth-order valence-corrected chi connectivity index (χ4v) is 9.30. The van der Waals surface area contributed by atoms with Gasteiger partial charge in [-0.2, -0.15) is 10.5 Å². The van der Waals surface area contributed by atoms with Gasteiger partial charge in [-0.1, -0.05) is 60.7 Å². The first-order chi connectivity index (χ1) is 28.2. The van der Waals surface area contributed by atoms with Crippen molar-refractivity contribution >= 4 is 38.9 Å². The summed E-state index contributed by atoms with van der Waals surface area (Å²) in [5.41, 5.74) is 11.1. The third kappa shape index (κ3) is 4.08. The van der Waals surface area contributed by atoms with Crippen molar-refractivity contribution in [1.29, 1.82) is 10.5 Å². The molecule has 1 aliphatic carbocycles. The molecule has 1 atom stereocenters. The summed E-state index contributed by atoms with van der Waals surface area (Å²) in [5.74, 6) is 2.95. The zero-order valence-corrected chi connectivity index (χ0v) is 30.0. The molecule has 2 aliphatic heterocycles. The Morgan fingerprint density at radius 3 is 1.81 bits per heavy atom. The number of benzene rings is 6. The molecule has 0 amide bonds. The lowest BCUT2D eigenvalue weighted by atomic mass is 9.66. The molecule has 3 aliphatic rings. The quantitative estimate of drug-likeness (QED) is 0.174. The molecule has 3 aromatic heterocycles. The van der Waals surface area contributed by atoms with Crippen LogP contribution in [0, 0.1) is 22.7 Å². The molecule has 5 heterocycles. The molecule has 0 bridgehead atoms. The van der Waals surface area contributed by atoms with Gasteiger partial charge in [0.05, 0.1) is 80.0 Å². The second-order valence-corrected chi connectivity index (χ2v) is 14.4. The van der Waals surface area contributed by atoms with Gasteiger partial charge in [0.2, 0.25) is 0 Å². The summed E-state index contributed by atoms with van der Waals surface area (Å²) >= 11 is 0. The van der Waals surface area contributed by atoms with E-state index in [0.29, 0.717) is 16.9 Å². The maximum Gasteiger partial charge on any atom is 0.156 e. The summed E-state index contributed by atoms with van der Waals surface area (Å²) in [4.78, 5) is 12.5. The summed E-state index contributed by atoms with van der Waals surface area (Å²) in [7, 11) is 0. The third-order valence-corrected chi connectivity index (χ3v) is 11.6. The fraction of sp³-hybridized carbons (Fsp3) is 0.0204. The summed E-state index contributed by atoms with van der Waals surface area (Å²) in [6, 6.07) is 53.1. The smallest absolute Gasteiger partial charge is 0.156 e. The highest BCUT2D eigenvalue weighted by molar-refractivity contribution is 6.10. The summed E-state index contributed by atoms with van der Waals surface area (Å²) in [5, 5.41) is 21.5. The SMILES string of the molecule is N#Cc1ccc2c(c1)c1cc(C#N)ccc1n2-c1cccc2c1Oc1ccccc1C21c2cccnc2-c2ncc(N3c4ccccc4Oc4ccccc43)cc21. The Kier molecular flexibility index (Phi) is 6.24. The van der Waals surface area contributed by atoms with Crippen molar-refractivity contribution in [2.75, 3.05) is 4.90 Å². The lowest BCUT2D eigenvalue weighted by molar-refractivity contribution is 0.434.